The van der Waals surface area contributed by atoms with Gasteiger partial charge in [0.25, 0.3) is 5.69 Å². The van der Waals surface area contributed by atoms with Crippen LogP contribution in [0.4, 0.5) is 11.4 Å². The van der Waals surface area contributed by atoms with Crippen molar-refractivity contribution in [1.29, 1.82) is 0 Å². The van der Waals surface area contributed by atoms with Gasteiger partial charge in [-0.2, -0.15) is 0 Å². The fourth-order valence-corrected chi connectivity index (χ4v) is 1.38. The number of nitro benzene ring substituents is 1. The van der Waals surface area contributed by atoms with Crippen molar-refractivity contribution < 1.29 is 4.92 Å². The summed E-state index contributed by atoms with van der Waals surface area (Å²) in [5, 5.41) is 14.0. The predicted octanol–water partition coefficient (Wildman–Crippen LogP) is 3.36. The Morgan fingerprint density at radius 1 is 1.50 bits per heavy atom. The van der Waals surface area contributed by atoms with E-state index in [4.69, 9.17) is 0 Å². The van der Waals surface area contributed by atoms with Gasteiger partial charge in [0.2, 0.25) is 0 Å². The molecule has 0 aliphatic heterocycles. The topological polar surface area (TPSA) is 55.2 Å². The second-order valence-corrected chi connectivity index (χ2v) is 4.17. The number of aryl methyl sites for hydroxylation is 1. The summed E-state index contributed by atoms with van der Waals surface area (Å²) in [6.45, 7) is 6.92. The Hall–Kier alpha value is -1.58. The maximum Gasteiger partial charge on any atom is 0.292 e. The van der Waals surface area contributed by atoms with Gasteiger partial charge in [-0.1, -0.05) is 26.3 Å². The molecule has 4 heteroatoms. The molecule has 1 rings (SSSR count). The van der Waals surface area contributed by atoms with Crippen LogP contribution in [0, 0.1) is 23.0 Å². The second kappa shape index (κ2) is 5.49. The minimum absolute atomic E-state index is 0.147. The fraction of sp³-hybridized carbons (Fsp3) is 0.500. The van der Waals surface area contributed by atoms with Crippen molar-refractivity contribution in [2.24, 2.45) is 5.92 Å². The highest BCUT2D eigenvalue weighted by molar-refractivity contribution is 5.62. The van der Waals surface area contributed by atoms with Gasteiger partial charge in [-0.25, -0.2) is 0 Å². The lowest BCUT2D eigenvalue weighted by Crippen LogP contribution is -2.11. The van der Waals surface area contributed by atoms with Crippen molar-refractivity contribution >= 4 is 11.4 Å². The lowest BCUT2D eigenvalue weighted by Gasteiger charge is -2.11. The SMILES string of the molecule is CCC(C)CNc1cc(C)ccc1[N+](=O)[O-]. The molecule has 16 heavy (non-hydrogen) atoms. The Kier molecular flexibility index (Phi) is 4.28. The molecular formula is C12H18N2O2. The summed E-state index contributed by atoms with van der Waals surface area (Å²) in [6.07, 6.45) is 1.06. The molecule has 0 spiro atoms. The van der Waals surface area contributed by atoms with E-state index in [0.717, 1.165) is 18.5 Å². The minimum Gasteiger partial charge on any atom is -0.379 e. The van der Waals surface area contributed by atoms with Crippen LogP contribution in [-0.2, 0) is 0 Å². The lowest BCUT2D eigenvalue weighted by atomic mass is 10.1. The number of anilines is 1. The van der Waals surface area contributed by atoms with Crippen LogP contribution in [0.5, 0.6) is 0 Å². The van der Waals surface area contributed by atoms with Crippen LogP contribution in [0.1, 0.15) is 25.8 Å². The quantitative estimate of drug-likeness (QED) is 0.614. The second-order valence-electron chi connectivity index (χ2n) is 4.17. The third-order valence-electron chi connectivity index (χ3n) is 2.69. The summed E-state index contributed by atoms with van der Waals surface area (Å²) in [5.41, 5.74) is 1.79. The van der Waals surface area contributed by atoms with Crippen molar-refractivity contribution in [3.8, 4) is 0 Å². The van der Waals surface area contributed by atoms with E-state index < -0.39 is 0 Å². The Morgan fingerprint density at radius 3 is 2.75 bits per heavy atom. The molecule has 0 aromatic heterocycles. The van der Waals surface area contributed by atoms with E-state index in [9.17, 15) is 10.1 Å². The monoisotopic (exact) mass is 222 g/mol. The van der Waals surface area contributed by atoms with Gasteiger partial charge >= 0.3 is 0 Å². The molecule has 0 aliphatic rings. The predicted molar refractivity (Wildman–Crippen MR) is 65.8 cm³/mol. The van der Waals surface area contributed by atoms with Gasteiger partial charge in [0.05, 0.1) is 4.92 Å². The summed E-state index contributed by atoms with van der Waals surface area (Å²) in [4.78, 5) is 10.5. The number of nitrogens with one attached hydrogen (secondary N) is 1. The van der Waals surface area contributed by atoms with Crippen LogP contribution in [0.2, 0.25) is 0 Å². The Labute approximate surface area is 95.8 Å². The van der Waals surface area contributed by atoms with Crippen LogP contribution in [0.3, 0.4) is 0 Å². The molecule has 0 heterocycles. The average molecular weight is 222 g/mol. The molecule has 0 aliphatic carbocycles. The van der Waals surface area contributed by atoms with Crippen molar-refractivity contribution in [2.45, 2.75) is 27.2 Å². The van der Waals surface area contributed by atoms with Crippen LogP contribution >= 0.6 is 0 Å². The maximum atomic E-state index is 10.8. The molecule has 0 saturated carbocycles. The van der Waals surface area contributed by atoms with E-state index in [2.05, 4.69) is 19.2 Å². The summed E-state index contributed by atoms with van der Waals surface area (Å²) < 4.78 is 0. The van der Waals surface area contributed by atoms with Crippen molar-refractivity contribution in [1.82, 2.24) is 0 Å². The highest BCUT2D eigenvalue weighted by atomic mass is 16.6. The molecule has 1 aromatic rings. The van der Waals surface area contributed by atoms with Gasteiger partial charge < -0.3 is 5.32 Å². The summed E-state index contributed by atoms with van der Waals surface area (Å²) in [5.74, 6) is 0.514. The summed E-state index contributed by atoms with van der Waals surface area (Å²) >= 11 is 0. The molecule has 0 bridgehead atoms. The van der Waals surface area contributed by atoms with Gasteiger partial charge in [-0.05, 0) is 24.5 Å². The Morgan fingerprint density at radius 2 is 2.19 bits per heavy atom. The summed E-state index contributed by atoms with van der Waals surface area (Å²) in [7, 11) is 0. The Balaban J connectivity index is 2.84. The third kappa shape index (κ3) is 3.22. The summed E-state index contributed by atoms with van der Waals surface area (Å²) in [6, 6.07) is 5.13. The molecular weight excluding hydrogens is 204 g/mol. The Bertz CT molecular complexity index is 377. The van der Waals surface area contributed by atoms with E-state index in [0.29, 0.717) is 11.6 Å². The van der Waals surface area contributed by atoms with E-state index in [1.54, 1.807) is 12.1 Å². The zero-order chi connectivity index (χ0) is 12.1. The van der Waals surface area contributed by atoms with E-state index in [1.165, 1.54) is 0 Å². The van der Waals surface area contributed by atoms with E-state index in [-0.39, 0.29) is 10.6 Å². The molecule has 1 atom stereocenters. The van der Waals surface area contributed by atoms with Crippen molar-refractivity contribution in [3.05, 3.63) is 33.9 Å². The maximum absolute atomic E-state index is 10.8. The largest absolute Gasteiger partial charge is 0.379 e. The molecule has 0 fully saturated rings. The van der Waals surface area contributed by atoms with Crippen molar-refractivity contribution in [3.63, 3.8) is 0 Å². The number of hydrogen-bond donors (Lipinski definition) is 1. The van der Waals surface area contributed by atoms with Crippen LogP contribution in [-0.4, -0.2) is 11.5 Å². The van der Waals surface area contributed by atoms with Crippen LogP contribution in [0.15, 0.2) is 18.2 Å². The molecule has 1 unspecified atom stereocenters. The van der Waals surface area contributed by atoms with E-state index >= 15 is 0 Å². The fourth-order valence-electron chi connectivity index (χ4n) is 1.38. The molecule has 1 aromatic carbocycles. The van der Waals surface area contributed by atoms with Gasteiger partial charge in [-0.15, -0.1) is 0 Å². The normalized spacial score (nSPS) is 12.2. The van der Waals surface area contributed by atoms with Crippen LogP contribution < -0.4 is 5.32 Å². The smallest absolute Gasteiger partial charge is 0.292 e. The first-order chi connectivity index (χ1) is 7.54. The molecule has 4 nitrogen and oxygen atoms in total. The van der Waals surface area contributed by atoms with Crippen molar-refractivity contribution in [2.75, 3.05) is 11.9 Å². The molecule has 0 radical (unpaired) electrons. The minimum atomic E-state index is -0.349. The number of hydrogen-bond acceptors (Lipinski definition) is 3. The standard InChI is InChI=1S/C12H18N2O2/c1-4-9(2)8-13-11-7-10(3)5-6-12(11)14(15)16/h5-7,9,13H,4,8H2,1-3H3. The molecule has 0 amide bonds. The number of nitrogens with zero attached hydrogens (tertiary/aromatic N) is 1. The third-order valence-corrected chi connectivity index (χ3v) is 2.69. The zero-order valence-corrected chi connectivity index (χ0v) is 9.99. The number of nitro groups is 1. The first kappa shape index (κ1) is 12.5. The highest BCUT2D eigenvalue weighted by Crippen LogP contribution is 2.25. The van der Waals surface area contributed by atoms with Gasteiger partial charge in [-0.3, -0.25) is 10.1 Å². The average Bonchev–Trinajstić information content (AvgIpc) is 2.25. The van der Waals surface area contributed by atoms with E-state index in [1.807, 2.05) is 13.0 Å². The molecule has 0 saturated heterocycles. The highest BCUT2D eigenvalue weighted by Gasteiger charge is 2.13. The lowest BCUT2D eigenvalue weighted by molar-refractivity contribution is -0.384. The molecule has 88 valence electrons. The van der Waals surface area contributed by atoms with Crippen LogP contribution in [0.25, 0.3) is 0 Å². The van der Waals surface area contributed by atoms with Gasteiger partial charge in [0, 0.05) is 12.6 Å². The first-order valence-electron chi connectivity index (χ1n) is 5.53. The zero-order valence-electron chi connectivity index (χ0n) is 9.99. The first-order valence-corrected chi connectivity index (χ1v) is 5.53. The van der Waals surface area contributed by atoms with Gasteiger partial charge in [0.15, 0.2) is 0 Å². The number of rotatable bonds is 5. The number of benzene rings is 1. The van der Waals surface area contributed by atoms with Gasteiger partial charge in [0.1, 0.15) is 5.69 Å². The molecule has 1 N–H and O–H groups in total.